The summed E-state index contributed by atoms with van der Waals surface area (Å²) in [7, 11) is 0. The van der Waals surface area contributed by atoms with Crippen LogP contribution in [0.1, 0.15) is 84.9 Å². The number of hydrogen-bond donors (Lipinski definition) is 1. The van der Waals surface area contributed by atoms with E-state index in [4.69, 9.17) is 27.7 Å². The van der Waals surface area contributed by atoms with E-state index in [0.717, 1.165) is 61.4 Å². The number of halogens is 2. The van der Waals surface area contributed by atoms with E-state index in [1.54, 1.807) is 6.07 Å². The van der Waals surface area contributed by atoms with E-state index in [2.05, 4.69) is 15.0 Å². The van der Waals surface area contributed by atoms with E-state index < -0.39 is 5.97 Å². The fourth-order valence-electron chi connectivity index (χ4n) is 7.26. The summed E-state index contributed by atoms with van der Waals surface area (Å²) < 4.78 is 5.95. The number of rotatable bonds is 5. The second-order valence-corrected chi connectivity index (χ2v) is 12.0. The van der Waals surface area contributed by atoms with Crippen molar-refractivity contribution in [2.24, 2.45) is 5.41 Å². The number of anilines is 1. The summed E-state index contributed by atoms with van der Waals surface area (Å²) in [6.07, 6.45) is 10.7. The molecule has 8 heteroatoms. The minimum absolute atomic E-state index is 0.232. The van der Waals surface area contributed by atoms with Crippen LogP contribution in [0.3, 0.4) is 0 Å². The first-order chi connectivity index (χ1) is 17.4. The van der Waals surface area contributed by atoms with Gasteiger partial charge in [-0.15, -0.1) is 0 Å². The lowest BCUT2D eigenvalue weighted by Crippen LogP contribution is -2.52. The summed E-state index contributed by atoms with van der Waals surface area (Å²) in [6.45, 7) is 0. The third kappa shape index (κ3) is 3.56. The topological polar surface area (TPSA) is 79.5 Å². The molecule has 0 amide bonds. The van der Waals surface area contributed by atoms with Crippen molar-refractivity contribution < 1.29 is 14.4 Å². The molecule has 4 aliphatic rings. The number of fused-ring (bicyclic) bond motifs is 2. The van der Waals surface area contributed by atoms with Gasteiger partial charge in [-0.05, 0) is 87.0 Å². The molecule has 1 spiro atoms. The van der Waals surface area contributed by atoms with Crippen LogP contribution < -0.4 is 4.90 Å². The number of nitrogens with zero attached hydrogens (tertiary/aromatic N) is 3. The molecule has 2 bridgehead atoms. The van der Waals surface area contributed by atoms with Gasteiger partial charge in [0.25, 0.3) is 0 Å². The number of aromatic carboxylic acids is 1. The Hall–Kier alpha value is -2.57. The number of carbonyl (C=O) groups is 1. The number of aromatic nitrogens is 2. The molecule has 6 nitrogen and oxygen atoms in total. The van der Waals surface area contributed by atoms with Gasteiger partial charge in [-0.2, -0.15) is 0 Å². The number of pyridine rings is 1. The van der Waals surface area contributed by atoms with Gasteiger partial charge in [-0.3, -0.25) is 0 Å². The van der Waals surface area contributed by atoms with Gasteiger partial charge in [0.2, 0.25) is 0 Å². The number of benzene rings is 1. The zero-order valence-corrected chi connectivity index (χ0v) is 21.3. The molecule has 1 aromatic carbocycles. The molecule has 2 atom stereocenters. The Morgan fingerprint density at radius 3 is 2.25 bits per heavy atom. The molecule has 0 radical (unpaired) electrons. The van der Waals surface area contributed by atoms with Crippen LogP contribution in [-0.4, -0.2) is 33.3 Å². The highest BCUT2D eigenvalue weighted by atomic mass is 35.5. The average Bonchev–Trinajstić information content (AvgIpc) is 3.54. The van der Waals surface area contributed by atoms with Crippen molar-refractivity contribution in [3.8, 4) is 11.3 Å². The number of carboxylic acids is 1. The van der Waals surface area contributed by atoms with Crippen LogP contribution in [0.15, 0.2) is 41.1 Å². The molecule has 2 unspecified atom stereocenters. The van der Waals surface area contributed by atoms with Crippen molar-refractivity contribution in [1.29, 1.82) is 0 Å². The van der Waals surface area contributed by atoms with Gasteiger partial charge in [0.15, 0.2) is 0 Å². The third-order valence-corrected chi connectivity index (χ3v) is 9.52. The minimum Gasteiger partial charge on any atom is -0.478 e. The van der Waals surface area contributed by atoms with E-state index in [0.29, 0.717) is 39.4 Å². The van der Waals surface area contributed by atoms with Gasteiger partial charge in [0.05, 0.1) is 15.6 Å². The predicted octanol–water partition coefficient (Wildman–Crippen LogP) is 7.31. The first-order valence-corrected chi connectivity index (χ1v) is 13.6. The van der Waals surface area contributed by atoms with Crippen LogP contribution in [0.25, 0.3) is 11.3 Å². The molecule has 2 saturated carbocycles. The quantitative estimate of drug-likeness (QED) is 0.377. The number of carboxylic acid groups (broad SMARTS) is 1. The van der Waals surface area contributed by atoms with Gasteiger partial charge in [-0.1, -0.05) is 34.4 Å². The maximum Gasteiger partial charge on any atom is 0.337 e. The van der Waals surface area contributed by atoms with E-state index >= 15 is 0 Å². The number of hydrogen-bond acceptors (Lipinski definition) is 5. The molecule has 186 valence electrons. The minimum atomic E-state index is -0.938. The summed E-state index contributed by atoms with van der Waals surface area (Å²) in [6, 6.07) is 10.0. The van der Waals surface area contributed by atoms with Crippen LogP contribution in [0, 0.1) is 5.41 Å². The summed E-state index contributed by atoms with van der Waals surface area (Å²) >= 11 is 13.2. The third-order valence-electron chi connectivity index (χ3n) is 8.89. The number of piperidine rings is 1. The van der Waals surface area contributed by atoms with Gasteiger partial charge < -0.3 is 14.5 Å². The van der Waals surface area contributed by atoms with Crippen molar-refractivity contribution in [3.63, 3.8) is 0 Å². The Bertz CT molecular complexity index is 1310. The lowest BCUT2D eigenvalue weighted by molar-refractivity contribution is 0.0481. The fourth-order valence-corrected chi connectivity index (χ4v) is 7.83. The van der Waals surface area contributed by atoms with Crippen molar-refractivity contribution in [2.45, 2.75) is 75.3 Å². The normalized spacial score (nSPS) is 28.9. The maximum atomic E-state index is 11.2. The average molecular weight is 524 g/mol. The summed E-state index contributed by atoms with van der Waals surface area (Å²) in [5, 5.41) is 15.0. The molecule has 1 N–H and O–H groups in total. The van der Waals surface area contributed by atoms with E-state index in [9.17, 15) is 9.90 Å². The van der Waals surface area contributed by atoms with E-state index in [1.807, 2.05) is 24.3 Å². The first-order valence-electron chi connectivity index (χ1n) is 12.8. The smallest absolute Gasteiger partial charge is 0.337 e. The lowest BCUT2D eigenvalue weighted by Gasteiger charge is -2.55. The van der Waals surface area contributed by atoms with Crippen LogP contribution in [0.2, 0.25) is 10.0 Å². The molecule has 4 fully saturated rings. The summed E-state index contributed by atoms with van der Waals surface area (Å²) in [5.41, 5.74) is 3.41. The second-order valence-electron chi connectivity index (χ2n) is 11.2. The zero-order chi connectivity index (χ0) is 24.6. The standard InChI is InChI=1S/C28H27Cl2N3O3/c29-20-2-1-3-21(30)24(20)25-23(26(36-32-25)15-4-5-15)17-10-28(11-17)12-18-7-8-19(13-28)33(18)22-9-6-16(14-31-22)27(34)35/h1-3,6,9,14-15,17-19H,4-5,7-8,10-13H2,(H,34,35). The molecule has 2 aromatic heterocycles. The molecular formula is C28H27Cl2N3O3. The van der Waals surface area contributed by atoms with Crippen molar-refractivity contribution in [2.75, 3.05) is 4.90 Å². The maximum absolute atomic E-state index is 11.2. The highest BCUT2D eigenvalue weighted by Crippen LogP contribution is 2.64. The zero-order valence-electron chi connectivity index (χ0n) is 19.8. The SMILES string of the molecule is O=C(O)c1ccc(N2C3CCC2CC2(CC(c4c(-c5c(Cl)cccc5Cl)noc4C4CC4)C2)C3)nc1. The second kappa shape index (κ2) is 8.22. The molecule has 4 heterocycles. The van der Waals surface area contributed by atoms with Gasteiger partial charge in [0.1, 0.15) is 17.3 Å². The Morgan fingerprint density at radius 1 is 0.972 bits per heavy atom. The Labute approximate surface area is 219 Å². The van der Waals surface area contributed by atoms with E-state index in [1.165, 1.54) is 24.6 Å². The van der Waals surface area contributed by atoms with Gasteiger partial charge in [-0.25, -0.2) is 9.78 Å². The molecular weight excluding hydrogens is 497 g/mol. The van der Waals surface area contributed by atoms with Crippen molar-refractivity contribution in [1.82, 2.24) is 10.1 Å². The Balaban J connectivity index is 1.14. The lowest BCUT2D eigenvalue weighted by atomic mass is 9.54. The summed E-state index contributed by atoms with van der Waals surface area (Å²) in [4.78, 5) is 18.2. The Morgan fingerprint density at radius 2 is 1.67 bits per heavy atom. The van der Waals surface area contributed by atoms with Gasteiger partial charge >= 0.3 is 5.97 Å². The highest BCUT2D eigenvalue weighted by molar-refractivity contribution is 6.39. The fraction of sp³-hybridized carbons (Fsp3) is 0.464. The molecule has 7 rings (SSSR count). The first kappa shape index (κ1) is 22.6. The Kier molecular flexibility index (Phi) is 5.16. The van der Waals surface area contributed by atoms with Crippen LogP contribution in [-0.2, 0) is 0 Å². The van der Waals surface area contributed by atoms with Crippen LogP contribution in [0.4, 0.5) is 5.82 Å². The largest absolute Gasteiger partial charge is 0.478 e. The van der Waals surface area contributed by atoms with E-state index in [-0.39, 0.29) is 5.56 Å². The van der Waals surface area contributed by atoms with Crippen LogP contribution in [0.5, 0.6) is 0 Å². The van der Waals surface area contributed by atoms with Gasteiger partial charge in [0, 0.05) is 35.3 Å². The molecule has 2 aliphatic carbocycles. The van der Waals surface area contributed by atoms with Crippen LogP contribution >= 0.6 is 23.2 Å². The molecule has 2 saturated heterocycles. The highest BCUT2D eigenvalue weighted by Gasteiger charge is 2.56. The molecule has 36 heavy (non-hydrogen) atoms. The predicted molar refractivity (Wildman–Crippen MR) is 138 cm³/mol. The van der Waals surface area contributed by atoms with Crippen molar-refractivity contribution >= 4 is 35.0 Å². The molecule has 3 aromatic rings. The monoisotopic (exact) mass is 523 g/mol. The van der Waals surface area contributed by atoms with Crippen molar-refractivity contribution in [3.05, 3.63) is 63.5 Å². The molecule has 2 aliphatic heterocycles. The summed E-state index contributed by atoms with van der Waals surface area (Å²) in [5.74, 6) is 1.89.